The van der Waals surface area contributed by atoms with Crippen LogP contribution >= 0.6 is 15.9 Å². The van der Waals surface area contributed by atoms with E-state index in [0.717, 1.165) is 10.0 Å². The first-order valence-electron chi connectivity index (χ1n) is 6.69. The van der Waals surface area contributed by atoms with Gasteiger partial charge in [0.05, 0.1) is 13.3 Å². The minimum atomic E-state index is -0.508. The van der Waals surface area contributed by atoms with Crippen molar-refractivity contribution in [1.29, 1.82) is 0 Å². The molecule has 0 radical (unpaired) electrons. The number of hydrogen-bond acceptors (Lipinski definition) is 6. The van der Waals surface area contributed by atoms with E-state index < -0.39 is 5.97 Å². The van der Waals surface area contributed by atoms with Crippen LogP contribution in [0.3, 0.4) is 0 Å². The summed E-state index contributed by atoms with van der Waals surface area (Å²) in [5.74, 6) is -0.164. The highest BCUT2D eigenvalue weighted by atomic mass is 79.9. The summed E-state index contributed by atoms with van der Waals surface area (Å²) in [5.41, 5.74) is 2.23. The van der Waals surface area contributed by atoms with Gasteiger partial charge in [-0.3, -0.25) is 0 Å². The summed E-state index contributed by atoms with van der Waals surface area (Å²) in [7, 11) is 1.31. The number of carbonyl (C=O) groups is 1. The molecule has 0 aliphatic rings. The maximum atomic E-state index is 11.5. The molecular formula is C16H11BrN4O2. The maximum absolute atomic E-state index is 11.5. The van der Waals surface area contributed by atoms with Gasteiger partial charge in [-0.15, -0.1) is 10.2 Å². The lowest BCUT2D eigenvalue weighted by Crippen LogP contribution is -2.05. The molecule has 2 aromatic heterocycles. The molecule has 0 bridgehead atoms. The van der Waals surface area contributed by atoms with Gasteiger partial charge in [0.15, 0.2) is 5.82 Å². The predicted molar refractivity (Wildman–Crippen MR) is 87.5 cm³/mol. The number of methoxy groups -OCH3 is 1. The van der Waals surface area contributed by atoms with Crippen molar-refractivity contribution in [3.63, 3.8) is 0 Å². The van der Waals surface area contributed by atoms with Crippen LogP contribution in [0.15, 0.2) is 53.1 Å². The van der Waals surface area contributed by atoms with Gasteiger partial charge in [0, 0.05) is 10.0 Å². The molecule has 114 valence electrons. The number of aromatic nitrogens is 4. The molecule has 0 aliphatic carbocycles. The Hall–Kier alpha value is -2.67. The zero-order chi connectivity index (χ0) is 16.2. The van der Waals surface area contributed by atoms with Crippen LogP contribution in [-0.4, -0.2) is 33.2 Å². The van der Waals surface area contributed by atoms with Crippen LogP contribution < -0.4 is 0 Å². The van der Waals surface area contributed by atoms with Crippen molar-refractivity contribution >= 4 is 21.9 Å². The average Bonchev–Trinajstić information content (AvgIpc) is 2.62. The molecule has 7 heteroatoms. The van der Waals surface area contributed by atoms with Gasteiger partial charge >= 0.3 is 5.97 Å². The number of rotatable bonds is 3. The third-order valence-electron chi connectivity index (χ3n) is 3.07. The Kier molecular flexibility index (Phi) is 4.38. The van der Waals surface area contributed by atoms with E-state index in [1.807, 2.05) is 24.3 Å². The Labute approximate surface area is 140 Å². The second-order valence-corrected chi connectivity index (χ2v) is 5.49. The first kappa shape index (κ1) is 15.2. The van der Waals surface area contributed by atoms with E-state index >= 15 is 0 Å². The van der Waals surface area contributed by atoms with Crippen molar-refractivity contribution in [3.8, 4) is 22.8 Å². The van der Waals surface area contributed by atoms with Gasteiger partial charge in [0.25, 0.3) is 0 Å². The Morgan fingerprint density at radius 1 is 1.04 bits per heavy atom. The van der Waals surface area contributed by atoms with Crippen LogP contribution in [0.25, 0.3) is 22.8 Å². The van der Waals surface area contributed by atoms with Crippen molar-refractivity contribution < 1.29 is 9.53 Å². The van der Waals surface area contributed by atoms with E-state index in [9.17, 15) is 4.79 Å². The van der Waals surface area contributed by atoms with E-state index in [1.165, 1.54) is 7.11 Å². The summed E-state index contributed by atoms with van der Waals surface area (Å²) >= 11 is 3.39. The van der Waals surface area contributed by atoms with Crippen molar-refractivity contribution in [3.05, 3.63) is 58.8 Å². The third kappa shape index (κ3) is 3.40. The highest BCUT2D eigenvalue weighted by Gasteiger charge is 2.11. The second kappa shape index (κ2) is 6.62. The Morgan fingerprint density at radius 2 is 1.83 bits per heavy atom. The zero-order valence-electron chi connectivity index (χ0n) is 12.1. The lowest BCUT2D eigenvalue weighted by Gasteiger charge is -2.03. The fourth-order valence-electron chi connectivity index (χ4n) is 1.92. The third-order valence-corrected chi connectivity index (χ3v) is 3.60. The molecule has 3 aromatic rings. The molecule has 0 amide bonds. The van der Waals surface area contributed by atoms with Crippen LogP contribution in [0.2, 0.25) is 0 Å². The molecule has 0 fully saturated rings. The number of benzene rings is 1. The largest absolute Gasteiger partial charge is 0.464 e. The summed E-state index contributed by atoms with van der Waals surface area (Å²) in [5, 5.41) is 8.25. The normalized spacial score (nSPS) is 10.3. The van der Waals surface area contributed by atoms with Gasteiger partial charge in [0.2, 0.25) is 0 Å². The van der Waals surface area contributed by atoms with E-state index in [0.29, 0.717) is 17.2 Å². The summed E-state index contributed by atoms with van der Waals surface area (Å²) in [6, 6.07) is 12.7. The van der Waals surface area contributed by atoms with Crippen molar-refractivity contribution in [2.45, 2.75) is 0 Å². The smallest absolute Gasteiger partial charge is 0.356 e. The number of esters is 1. The number of hydrogen-bond donors (Lipinski definition) is 0. The average molecular weight is 371 g/mol. The number of ether oxygens (including phenoxy) is 1. The molecule has 0 unspecified atom stereocenters. The van der Waals surface area contributed by atoms with E-state index in [2.05, 4.69) is 40.8 Å². The molecule has 0 atom stereocenters. The quantitative estimate of drug-likeness (QED) is 0.659. The fourth-order valence-corrected chi connectivity index (χ4v) is 2.19. The van der Waals surface area contributed by atoms with Crippen LogP contribution in [-0.2, 0) is 4.74 Å². The number of nitrogens with zero attached hydrogens (tertiary/aromatic N) is 4. The highest BCUT2D eigenvalue weighted by molar-refractivity contribution is 9.10. The highest BCUT2D eigenvalue weighted by Crippen LogP contribution is 2.20. The van der Waals surface area contributed by atoms with Gasteiger partial charge in [-0.1, -0.05) is 34.1 Å². The topological polar surface area (TPSA) is 77.9 Å². The van der Waals surface area contributed by atoms with E-state index in [-0.39, 0.29) is 5.69 Å². The summed E-state index contributed by atoms with van der Waals surface area (Å²) < 4.78 is 5.64. The summed E-state index contributed by atoms with van der Waals surface area (Å²) in [6.45, 7) is 0. The molecule has 0 aliphatic heterocycles. The van der Waals surface area contributed by atoms with Crippen molar-refractivity contribution in [1.82, 2.24) is 20.2 Å². The monoisotopic (exact) mass is 370 g/mol. The molecule has 0 saturated heterocycles. The Bertz CT molecular complexity index is 835. The van der Waals surface area contributed by atoms with Gasteiger partial charge in [-0.25, -0.2) is 14.8 Å². The van der Waals surface area contributed by atoms with Gasteiger partial charge in [0.1, 0.15) is 17.1 Å². The van der Waals surface area contributed by atoms with E-state index in [4.69, 9.17) is 0 Å². The minimum absolute atomic E-state index is 0.200. The molecule has 1 aromatic carbocycles. The number of carbonyl (C=O) groups excluding carboxylic acids is 1. The van der Waals surface area contributed by atoms with Crippen LogP contribution in [0.1, 0.15) is 10.5 Å². The lowest BCUT2D eigenvalue weighted by atomic mass is 10.2. The van der Waals surface area contributed by atoms with Crippen LogP contribution in [0, 0.1) is 0 Å². The predicted octanol–water partition coefficient (Wildman–Crippen LogP) is 3.15. The summed E-state index contributed by atoms with van der Waals surface area (Å²) in [4.78, 5) is 20.0. The fraction of sp³-hybridized carbons (Fsp3) is 0.0625. The zero-order valence-corrected chi connectivity index (χ0v) is 13.7. The SMILES string of the molecule is COC(=O)c1cccc(-c2ncc(-c3ccc(Br)cc3)nn2)n1. The summed E-state index contributed by atoms with van der Waals surface area (Å²) in [6.07, 6.45) is 1.62. The van der Waals surface area contributed by atoms with Crippen LogP contribution in [0.5, 0.6) is 0 Å². The van der Waals surface area contributed by atoms with E-state index in [1.54, 1.807) is 24.4 Å². The van der Waals surface area contributed by atoms with Crippen molar-refractivity contribution in [2.75, 3.05) is 7.11 Å². The minimum Gasteiger partial charge on any atom is -0.464 e. The first-order valence-corrected chi connectivity index (χ1v) is 7.48. The molecule has 0 spiro atoms. The Morgan fingerprint density at radius 3 is 2.48 bits per heavy atom. The molecular weight excluding hydrogens is 360 g/mol. The van der Waals surface area contributed by atoms with Gasteiger partial charge < -0.3 is 4.74 Å². The van der Waals surface area contributed by atoms with Gasteiger partial charge in [-0.05, 0) is 24.3 Å². The van der Waals surface area contributed by atoms with Crippen LogP contribution in [0.4, 0.5) is 0 Å². The maximum Gasteiger partial charge on any atom is 0.356 e. The molecule has 2 heterocycles. The van der Waals surface area contributed by atoms with Gasteiger partial charge in [-0.2, -0.15) is 0 Å². The first-order chi connectivity index (χ1) is 11.2. The molecule has 6 nitrogen and oxygen atoms in total. The molecule has 0 saturated carbocycles. The number of pyridine rings is 1. The van der Waals surface area contributed by atoms with Crippen molar-refractivity contribution in [2.24, 2.45) is 0 Å². The Balaban J connectivity index is 1.90. The molecule has 3 rings (SSSR count). The lowest BCUT2D eigenvalue weighted by molar-refractivity contribution is 0.0594. The second-order valence-electron chi connectivity index (χ2n) is 4.57. The molecule has 0 N–H and O–H groups in total. The molecule has 23 heavy (non-hydrogen) atoms. The number of halogens is 1. The standard InChI is InChI=1S/C16H11BrN4O2/c1-23-16(22)13-4-2-3-12(19-13)15-18-9-14(20-21-15)10-5-7-11(17)8-6-10/h2-9H,1H3.